The number of ether oxygens (including phenoxy) is 1. The molecule has 118 valence electrons. The number of halogens is 4. The Morgan fingerprint density at radius 2 is 2.10 bits per heavy atom. The standard InChI is InChI=1S/C15H18BrCl3O2/c1-4-15-6-5-8(14(15,2)3)7-9(15)21-13(20)10(16)11(17)12(18)19/h7-8,10H,4-6H2,1-3H3. The molecule has 21 heavy (non-hydrogen) atoms. The molecule has 0 heterocycles. The number of hydrogen-bond donors (Lipinski definition) is 0. The number of fused-ring (bicyclic) bond motifs is 2. The molecule has 0 aliphatic heterocycles. The summed E-state index contributed by atoms with van der Waals surface area (Å²) >= 11 is 20.3. The van der Waals surface area contributed by atoms with Crippen molar-refractivity contribution in [2.24, 2.45) is 16.7 Å². The van der Waals surface area contributed by atoms with Crippen molar-refractivity contribution in [3.05, 3.63) is 21.4 Å². The minimum Gasteiger partial charge on any atom is -0.430 e. The molecular weight excluding hydrogens is 398 g/mol. The highest BCUT2D eigenvalue weighted by Gasteiger charge is 2.60. The molecule has 0 amide bonds. The number of carbonyl (C=O) groups is 1. The fraction of sp³-hybridized carbons (Fsp3) is 0.667. The first-order valence-electron chi connectivity index (χ1n) is 6.96. The molecule has 0 aromatic heterocycles. The Morgan fingerprint density at radius 1 is 1.48 bits per heavy atom. The first-order chi connectivity index (χ1) is 9.67. The highest BCUT2D eigenvalue weighted by Crippen LogP contribution is 2.67. The van der Waals surface area contributed by atoms with E-state index in [1.54, 1.807) is 0 Å². The van der Waals surface area contributed by atoms with E-state index in [0.717, 1.165) is 25.0 Å². The predicted octanol–water partition coefficient (Wildman–Crippen LogP) is 5.91. The van der Waals surface area contributed by atoms with E-state index >= 15 is 0 Å². The van der Waals surface area contributed by atoms with E-state index in [1.165, 1.54) is 0 Å². The smallest absolute Gasteiger partial charge is 0.330 e. The number of hydrogen-bond acceptors (Lipinski definition) is 2. The summed E-state index contributed by atoms with van der Waals surface area (Å²) in [5.41, 5.74) is 0.0456. The lowest BCUT2D eigenvalue weighted by Gasteiger charge is -2.39. The van der Waals surface area contributed by atoms with E-state index < -0.39 is 10.8 Å². The SMILES string of the molecule is CCC12CCC(C=C1OC(=O)C(Br)C(Cl)=C(Cl)Cl)C2(C)C. The monoisotopic (exact) mass is 414 g/mol. The van der Waals surface area contributed by atoms with Crippen LogP contribution in [-0.4, -0.2) is 10.8 Å². The zero-order chi connectivity index (χ0) is 16.0. The highest BCUT2D eigenvalue weighted by atomic mass is 79.9. The Morgan fingerprint density at radius 3 is 2.57 bits per heavy atom. The van der Waals surface area contributed by atoms with Gasteiger partial charge >= 0.3 is 5.97 Å². The molecule has 0 radical (unpaired) electrons. The van der Waals surface area contributed by atoms with Crippen molar-refractivity contribution in [2.45, 2.75) is 44.9 Å². The van der Waals surface area contributed by atoms with Crippen LogP contribution in [0.2, 0.25) is 0 Å². The zero-order valence-corrected chi connectivity index (χ0v) is 16.0. The van der Waals surface area contributed by atoms with Crippen LogP contribution in [0.3, 0.4) is 0 Å². The molecule has 0 spiro atoms. The van der Waals surface area contributed by atoms with Gasteiger partial charge in [0.25, 0.3) is 0 Å². The van der Waals surface area contributed by atoms with Crippen LogP contribution in [0.15, 0.2) is 21.4 Å². The minimum absolute atomic E-state index is 0.0388. The van der Waals surface area contributed by atoms with Gasteiger partial charge in [0, 0.05) is 5.41 Å². The molecule has 0 aromatic carbocycles. The molecule has 0 saturated heterocycles. The van der Waals surface area contributed by atoms with Gasteiger partial charge in [-0.05, 0) is 36.7 Å². The van der Waals surface area contributed by atoms with Gasteiger partial charge in [-0.1, -0.05) is 71.5 Å². The summed E-state index contributed by atoms with van der Waals surface area (Å²) in [4.78, 5) is 11.4. The molecule has 3 atom stereocenters. The van der Waals surface area contributed by atoms with Crippen molar-refractivity contribution in [2.75, 3.05) is 0 Å². The number of allylic oxidation sites excluding steroid dienone is 2. The summed E-state index contributed by atoms with van der Waals surface area (Å²) in [6.45, 7) is 6.64. The second kappa shape index (κ2) is 6.07. The van der Waals surface area contributed by atoms with E-state index in [0.29, 0.717) is 5.92 Å². The highest BCUT2D eigenvalue weighted by molar-refractivity contribution is 9.10. The van der Waals surface area contributed by atoms with Crippen molar-refractivity contribution >= 4 is 56.7 Å². The van der Waals surface area contributed by atoms with Gasteiger partial charge in [0.15, 0.2) is 4.83 Å². The van der Waals surface area contributed by atoms with Gasteiger partial charge in [-0.2, -0.15) is 0 Å². The number of rotatable bonds is 4. The van der Waals surface area contributed by atoms with E-state index in [9.17, 15) is 4.79 Å². The van der Waals surface area contributed by atoms with Gasteiger partial charge in [-0.15, -0.1) is 0 Å². The lowest BCUT2D eigenvalue weighted by molar-refractivity contribution is -0.140. The van der Waals surface area contributed by atoms with Crippen LogP contribution in [0.25, 0.3) is 0 Å². The van der Waals surface area contributed by atoms with E-state index in [4.69, 9.17) is 39.5 Å². The van der Waals surface area contributed by atoms with Crippen LogP contribution in [0.5, 0.6) is 0 Å². The van der Waals surface area contributed by atoms with Gasteiger partial charge in [0.05, 0.1) is 5.03 Å². The predicted molar refractivity (Wildman–Crippen MR) is 90.7 cm³/mol. The van der Waals surface area contributed by atoms with Gasteiger partial charge in [0.1, 0.15) is 10.3 Å². The third-order valence-electron chi connectivity index (χ3n) is 5.29. The number of alkyl halides is 1. The Bertz CT molecular complexity index is 523. The normalized spacial score (nSPS) is 30.8. The van der Waals surface area contributed by atoms with Gasteiger partial charge < -0.3 is 4.74 Å². The van der Waals surface area contributed by atoms with Crippen molar-refractivity contribution < 1.29 is 9.53 Å². The topological polar surface area (TPSA) is 26.3 Å². The second-order valence-corrected chi connectivity index (χ2v) is 8.50. The Hall–Kier alpha value is 0.300. The first kappa shape index (κ1) is 17.7. The largest absolute Gasteiger partial charge is 0.430 e. The van der Waals surface area contributed by atoms with E-state index in [-0.39, 0.29) is 20.4 Å². The molecule has 1 saturated carbocycles. The van der Waals surface area contributed by atoms with Crippen LogP contribution in [0.4, 0.5) is 0 Å². The molecule has 0 N–H and O–H groups in total. The summed E-state index contributed by atoms with van der Waals surface area (Å²) in [6, 6.07) is 0. The third kappa shape index (κ3) is 2.69. The fourth-order valence-corrected chi connectivity index (χ4v) is 4.71. The van der Waals surface area contributed by atoms with E-state index in [2.05, 4.69) is 42.8 Å². The molecule has 6 heteroatoms. The van der Waals surface area contributed by atoms with Crippen LogP contribution in [0, 0.1) is 16.7 Å². The molecule has 2 nitrogen and oxygen atoms in total. The average molecular weight is 417 g/mol. The summed E-state index contributed by atoms with van der Waals surface area (Å²) in [5.74, 6) is 0.744. The van der Waals surface area contributed by atoms with Crippen molar-refractivity contribution in [3.8, 4) is 0 Å². The van der Waals surface area contributed by atoms with Gasteiger partial charge in [0.2, 0.25) is 0 Å². The summed E-state index contributed by atoms with van der Waals surface area (Å²) in [6.07, 6.45) is 5.24. The molecule has 1 fully saturated rings. The van der Waals surface area contributed by atoms with E-state index in [1.807, 2.05) is 0 Å². The molecular formula is C15H18BrCl3O2. The van der Waals surface area contributed by atoms with Crippen molar-refractivity contribution in [3.63, 3.8) is 0 Å². The van der Waals surface area contributed by atoms with Crippen LogP contribution >= 0.6 is 50.7 Å². The summed E-state index contributed by atoms with van der Waals surface area (Å²) < 4.78 is 5.51. The first-order valence-corrected chi connectivity index (χ1v) is 9.01. The maximum absolute atomic E-state index is 12.2. The van der Waals surface area contributed by atoms with Crippen LogP contribution in [-0.2, 0) is 9.53 Å². The molecule has 2 bridgehead atoms. The second-order valence-electron chi connectivity index (χ2n) is 6.23. The lowest BCUT2D eigenvalue weighted by Crippen LogP contribution is -2.34. The summed E-state index contributed by atoms with van der Waals surface area (Å²) in [7, 11) is 0. The zero-order valence-electron chi connectivity index (χ0n) is 12.2. The molecule has 3 unspecified atom stereocenters. The maximum Gasteiger partial charge on any atom is 0.330 e. The Labute approximate surface area is 149 Å². The van der Waals surface area contributed by atoms with Crippen LogP contribution in [0.1, 0.15) is 40.0 Å². The lowest BCUT2D eigenvalue weighted by atomic mass is 9.67. The van der Waals surface area contributed by atoms with Crippen LogP contribution < -0.4 is 0 Å². The Kier molecular flexibility index (Phi) is 5.10. The fourth-order valence-electron chi connectivity index (χ4n) is 3.81. The summed E-state index contributed by atoms with van der Waals surface area (Å²) in [5, 5.41) is 0.0388. The molecule has 2 aliphatic carbocycles. The molecule has 2 rings (SSSR count). The maximum atomic E-state index is 12.2. The average Bonchev–Trinajstić information content (AvgIpc) is 2.80. The molecule has 0 aromatic rings. The van der Waals surface area contributed by atoms with Gasteiger partial charge in [-0.25, -0.2) is 0 Å². The number of carbonyl (C=O) groups excluding carboxylic acids is 1. The number of esters is 1. The van der Waals surface area contributed by atoms with Crippen molar-refractivity contribution in [1.82, 2.24) is 0 Å². The molecule has 2 aliphatic rings. The quantitative estimate of drug-likeness (QED) is 0.421. The van der Waals surface area contributed by atoms with Crippen molar-refractivity contribution in [1.29, 1.82) is 0 Å². The minimum atomic E-state index is -0.846. The van der Waals surface area contributed by atoms with Gasteiger partial charge in [-0.3, -0.25) is 4.79 Å². The third-order valence-corrected chi connectivity index (χ3v) is 7.39. The Balaban J connectivity index is 2.20.